The average Bonchev–Trinajstić information content (AvgIpc) is 2.41. The normalized spacial score (nSPS) is 10.1. The first-order valence-electron chi connectivity index (χ1n) is 5.71. The van der Waals surface area contributed by atoms with Crippen LogP contribution in [-0.2, 0) is 18.0 Å². The zero-order valence-electron chi connectivity index (χ0n) is 10.2. The summed E-state index contributed by atoms with van der Waals surface area (Å²) in [4.78, 5) is 14.4. The lowest BCUT2D eigenvalue weighted by Gasteiger charge is -2.04. The molecule has 0 saturated heterocycles. The molecule has 1 N–H and O–H groups in total. The highest BCUT2D eigenvalue weighted by molar-refractivity contribution is 5.60. The van der Waals surface area contributed by atoms with E-state index in [2.05, 4.69) is 9.72 Å². The van der Waals surface area contributed by atoms with Crippen LogP contribution in [0.5, 0.6) is 5.75 Å². The van der Waals surface area contributed by atoms with E-state index in [9.17, 15) is 4.79 Å². The van der Waals surface area contributed by atoms with E-state index in [4.69, 9.17) is 9.84 Å². The molecular weight excluding hydrogens is 246 g/mol. The quantitative estimate of drug-likeness (QED) is 0.836. The number of hydrogen-bond acceptors (Lipinski definition) is 4. The van der Waals surface area contributed by atoms with Gasteiger partial charge in [-0.1, -0.05) is 30.3 Å². The van der Waals surface area contributed by atoms with E-state index in [1.165, 1.54) is 6.20 Å². The fraction of sp³-hybridized carbons (Fsp3) is 0.143. The van der Waals surface area contributed by atoms with Gasteiger partial charge in [0.25, 0.3) is 0 Å². The number of nitrogens with zero attached hydrogens (tertiary/aromatic N) is 1. The Balaban J connectivity index is 1.81. The molecule has 0 aliphatic heterocycles. The number of pyridine rings is 1. The molecule has 1 aromatic carbocycles. The minimum absolute atomic E-state index is 0.194. The van der Waals surface area contributed by atoms with Crippen molar-refractivity contribution in [1.29, 1.82) is 0 Å². The van der Waals surface area contributed by atoms with Crippen LogP contribution in [0.4, 0.5) is 4.79 Å². The standard InChI is InChI=1S/C14H13NO4/c16-14(17)19-13-7-6-12(15-8-13)10-18-9-11-4-2-1-3-5-11/h1-8H,9-10H2,(H,16,17). The van der Waals surface area contributed by atoms with E-state index in [0.29, 0.717) is 18.9 Å². The van der Waals surface area contributed by atoms with Gasteiger partial charge in [0.05, 0.1) is 25.1 Å². The van der Waals surface area contributed by atoms with Crippen molar-refractivity contribution in [1.82, 2.24) is 4.98 Å². The zero-order valence-corrected chi connectivity index (χ0v) is 10.2. The number of carbonyl (C=O) groups is 1. The van der Waals surface area contributed by atoms with E-state index >= 15 is 0 Å². The largest absolute Gasteiger partial charge is 0.511 e. The Bertz CT molecular complexity index is 525. The molecule has 98 valence electrons. The Hall–Kier alpha value is -2.40. The van der Waals surface area contributed by atoms with Crippen LogP contribution >= 0.6 is 0 Å². The first-order chi connectivity index (χ1) is 9.24. The Morgan fingerprint density at radius 1 is 1.11 bits per heavy atom. The summed E-state index contributed by atoms with van der Waals surface area (Å²) in [5.74, 6) is 0.194. The predicted molar refractivity (Wildman–Crippen MR) is 67.8 cm³/mol. The van der Waals surface area contributed by atoms with Crippen LogP contribution in [0.2, 0.25) is 0 Å². The summed E-state index contributed by atoms with van der Waals surface area (Å²) >= 11 is 0. The fourth-order valence-corrected chi connectivity index (χ4v) is 1.51. The van der Waals surface area contributed by atoms with Crippen LogP contribution in [-0.4, -0.2) is 16.2 Å². The summed E-state index contributed by atoms with van der Waals surface area (Å²) < 4.78 is 9.96. The van der Waals surface area contributed by atoms with Crippen molar-refractivity contribution < 1.29 is 19.4 Å². The highest BCUT2D eigenvalue weighted by atomic mass is 16.7. The second-order valence-corrected chi connectivity index (χ2v) is 3.83. The highest BCUT2D eigenvalue weighted by Gasteiger charge is 2.02. The van der Waals surface area contributed by atoms with Crippen molar-refractivity contribution in [2.75, 3.05) is 0 Å². The molecule has 5 heteroatoms. The van der Waals surface area contributed by atoms with Crippen molar-refractivity contribution in [2.45, 2.75) is 13.2 Å². The number of ether oxygens (including phenoxy) is 2. The van der Waals surface area contributed by atoms with Gasteiger partial charge in [-0.05, 0) is 17.7 Å². The third-order valence-corrected chi connectivity index (χ3v) is 2.36. The maximum Gasteiger partial charge on any atom is 0.511 e. The first-order valence-corrected chi connectivity index (χ1v) is 5.71. The average molecular weight is 259 g/mol. The molecule has 0 fully saturated rings. The molecule has 5 nitrogen and oxygen atoms in total. The molecule has 1 heterocycles. The van der Waals surface area contributed by atoms with Gasteiger partial charge in [-0.15, -0.1) is 0 Å². The van der Waals surface area contributed by atoms with Gasteiger partial charge in [0.1, 0.15) is 0 Å². The molecule has 2 rings (SSSR count). The molecular formula is C14H13NO4. The lowest BCUT2D eigenvalue weighted by Crippen LogP contribution is -2.04. The van der Waals surface area contributed by atoms with Crippen LogP contribution in [0.3, 0.4) is 0 Å². The Morgan fingerprint density at radius 2 is 1.89 bits per heavy atom. The summed E-state index contributed by atoms with van der Waals surface area (Å²) in [5.41, 5.74) is 1.81. The van der Waals surface area contributed by atoms with Gasteiger partial charge in [-0.2, -0.15) is 0 Å². The predicted octanol–water partition coefficient (Wildman–Crippen LogP) is 2.86. The molecule has 0 amide bonds. The molecule has 0 saturated carbocycles. The fourth-order valence-electron chi connectivity index (χ4n) is 1.51. The molecule has 0 spiro atoms. The molecule has 19 heavy (non-hydrogen) atoms. The Labute approximate surface area is 110 Å². The van der Waals surface area contributed by atoms with Crippen LogP contribution in [0.15, 0.2) is 48.7 Å². The van der Waals surface area contributed by atoms with Gasteiger partial charge in [0, 0.05) is 0 Å². The summed E-state index contributed by atoms with van der Waals surface area (Å²) in [5, 5.41) is 8.43. The maximum atomic E-state index is 10.3. The van der Waals surface area contributed by atoms with Crippen molar-refractivity contribution in [3.63, 3.8) is 0 Å². The maximum absolute atomic E-state index is 10.3. The summed E-state index contributed by atoms with van der Waals surface area (Å²) in [6.07, 6.45) is 0.00451. The molecule has 0 unspecified atom stereocenters. The van der Waals surface area contributed by atoms with Gasteiger partial charge in [0.2, 0.25) is 0 Å². The molecule has 0 bridgehead atoms. The van der Waals surface area contributed by atoms with Gasteiger partial charge in [-0.3, -0.25) is 4.98 Å². The summed E-state index contributed by atoms with van der Waals surface area (Å²) in [6, 6.07) is 13.0. The highest BCUT2D eigenvalue weighted by Crippen LogP contribution is 2.10. The SMILES string of the molecule is O=C(O)Oc1ccc(COCc2ccccc2)nc1. The van der Waals surface area contributed by atoms with Gasteiger partial charge >= 0.3 is 6.16 Å². The Morgan fingerprint density at radius 3 is 2.53 bits per heavy atom. The van der Waals surface area contributed by atoms with E-state index in [1.807, 2.05) is 30.3 Å². The van der Waals surface area contributed by atoms with Gasteiger partial charge in [-0.25, -0.2) is 4.79 Å². The first kappa shape index (κ1) is 13.0. The number of carboxylic acid groups (broad SMARTS) is 1. The van der Waals surface area contributed by atoms with E-state index in [0.717, 1.165) is 5.56 Å². The van der Waals surface area contributed by atoms with Crippen LogP contribution in [0, 0.1) is 0 Å². The molecule has 0 atom stereocenters. The molecule has 1 aromatic heterocycles. The van der Waals surface area contributed by atoms with Crippen molar-refractivity contribution in [2.24, 2.45) is 0 Å². The molecule has 0 aliphatic rings. The van der Waals surface area contributed by atoms with Gasteiger partial charge < -0.3 is 14.6 Å². The van der Waals surface area contributed by atoms with E-state index < -0.39 is 6.16 Å². The smallest absolute Gasteiger partial charge is 0.449 e. The van der Waals surface area contributed by atoms with Gasteiger partial charge in [0.15, 0.2) is 5.75 Å². The molecule has 2 aromatic rings. The lowest BCUT2D eigenvalue weighted by molar-refractivity contribution is 0.104. The third kappa shape index (κ3) is 4.40. The van der Waals surface area contributed by atoms with Crippen molar-refractivity contribution in [3.05, 3.63) is 59.9 Å². The van der Waals surface area contributed by atoms with E-state index in [-0.39, 0.29) is 5.75 Å². The molecule has 0 aliphatic carbocycles. The number of benzene rings is 1. The second-order valence-electron chi connectivity index (χ2n) is 3.83. The van der Waals surface area contributed by atoms with Crippen LogP contribution < -0.4 is 4.74 Å². The van der Waals surface area contributed by atoms with Crippen molar-refractivity contribution in [3.8, 4) is 5.75 Å². The summed E-state index contributed by atoms with van der Waals surface area (Å²) in [7, 11) is 0. The lowest BCUT2D eigenvalue weighted by atomic mass is 10.2. The number of hydrogen-bond donors (Lipinski definition) is 1. The third-order valence-electron chi connectivity index (χ3n) is 2.36. The topological polar surface area (TPSA) is 68.7 Å². The van der Waals surface area contributed by atoms with E-state index in [1.54, 1.807) is 12.1 Å². The monoisotopic (exact) mass is 259 g/mol. The molecule has 0 radical (unpaired) electrons. The summed E-state index contributed by atoms with van der Waals surface area (Å²) in [6.45, 7) is 0.873. The zero-order chi connectivity index (χ0) is 13.5. The van der Waals surface area contributed by atoms with Crippen LogP contribution in [0.25, 0.3) is 0 Å². The van der Waals surface area contributed by atoms with Crippen LogP contribution in [0.1, 0.15) is 11.3 Å². The second kappa shape index (κ2) is 6.51. The minimum Gasteiger partial charge on any atom is -0.449 e. The minimum atomic E-state index is -1.35. The Kier molecular flexibility index (Phi) is 4.47. The van der Waals surface area contributed by atoms with Crippen molar-refractivity contribution >= 4 is 6.16 Å². The number of rotatable bonds is 5. The number of aromatic nitrogens is 1.